The Kier molecular flexibility index (Phi) is 5.72. The number of aliphatic hydroxyl groups excluding tert-OH is 4. The number of benzene rings is 2. The van der Waals surface area contributed by atoms with Crippen molar-refractivity contribution in [2.75, 3.05) is 6.61 Å². The number of ether oxygens (including phenoxy) is 1. The van der Waals surface area contributed by atoms with E-state index in [9.17, 15) is 25.2 Å². The number of ketones is 1. The molecule has 0 bridgehead atoms. The summed E-state index contributed by atoms with van der Waals surface area (Å²) in [6, 6.07) is 14.1. The van der Waals surface area contributed by atoms with Crippen LogP contribution in [0.4, 0.5) is 0 Å². The summed E-state index contributed by atoms with van der Waals surface area (Å²) in [5, 5.41) is 40.9. The predicted octanol–water partition coefficient (Wildman–Crippen LogP) is 2.30. The van der Waals surface area contributed by atoms with Gasteiger partial charge >= 0.3 is 0 Å². The fourth-order valence-electron chi connectivity index (χ4n) is 3.50. The summed E-state index contributed by atoms with van der Waals surface area (Å²) in [7, 11) is 0. The number of aliphatic hydroxyl groups is 4. The Balaban J connectivity index is 1.69. The first-order valence-electron chi connectivity index (χ1n) is 9.04. The van der Waals surface area contributed by atoms with Gasteiger partial charge in [-0.1, -0.05) is 35.9 Å². The number of thiophene rings is 1. The fraction of sp³-hybridized carbons (Fsp3) is 0.286. The third-order valence-electron chi connectivity index (χ3n) is 5.11. The highest BCUT2D eigenvalue weighted by atomic mass is 35.5. The molecule has 0 amide bonds. The number of fused-ring (bicyclic) bond motifs is 1. The maximum absolute atomic E-state index is 13.1. The number of hydrogen-bond acceptors (Lipinski definition) is 7. The summed E-state index contributed by atoms with van der Waals surface area (Å²) in [4.78, 5) is 13.6. The average Bonchev–Trinajstić information content (AvgIpc) is 3.17. The maximum atomic E-state index is 13.1. The fourth-order valence-corrected chi connectivity index (χ4v) is 4.72. The van der Waals surface area contributed by atoms with Crippen molar-refractivity contribution in [3.8, 4) is 0 Å². The first-order chi connectivity index (χ1) is 13.9. The van der Waals surface area contributed by atoms with Crippen molar-refractivity contribution in [2.24, 2.45) is 0 Å². The molecule has 4 rings (SSSR count). The van der Waals surface area contributed by atoms with Crippen molar-refractivity contribution >= 4 is 38.8 Å². The number of halogens is 1. The van der Waals surface area contributed by atoms with Gasteiger partial charge in [-0.15, -0.1) is 11.3 Å². The van der Waals surface area contributed by atoms with Crippen LogP contribution in [-0.4, -0.2) is 57.2 Å². The zero-order valence-electron chi connectivity index (χ0n) is 15.1. The molecule has 5 atom stereocenters. The minimum Gasteiger partial charge on any atom is -0.394 e. The molecule has 3 aromatic rings. The van der Waals surface area contributed by atoms with Gasteiger partial charge in [-0.2, -0.15) is 0 Å². The Morgan fingerprint density at radius 2 is 1.79 bits per heavy atom. The lowest BCUT2D eigenvalue weighted by Gasteiger charge is -2.40. The van der Waals surface area contributed by atoms with E-state index in [0.717, 1.165) is 10.1 Å². The van der Waals surface area contributed by atoms with Crippen LogP contribution in [0.5, 0.6) is 0 Å². The molecular weight excluding hydrogens is 416 g/mol. The van der Waals surface area contributed by atoms with Gasteiger partial charge in [-0.3, -0.25) is 4.79 Å². The molecule has 6 nitrogen and oxygen atoms in total. The van der Waals surface area contributed by atoms with E-state index in [1.807, 2.05) is 24.3 Å². The minimum absolute atomic E-state index is 0.243. The SMILES string of the molecule is O=C(c1cc2ccccc2s1)c1cc([C@@H]2O[C@H](CO)[C@@H](O)[C@H](O)[C@H]2O)ccc1Cl. The highest BCUT2D eigenvalue weighted by Crippen LogP contribution is 2.35. The predicted molar refractivity (Wildman–Crippen MR) is 109 cm³/mol. The molecule has 2 heterocycles. The monoisotopic (exact) mass is 434 g/mol. The molecule has 0 spiro atoms. The number of carbonyl (C=O) groups is 1. The first kappa shape index (κ1) is 20.4. The number of carbonyl (C=O) groups excluding carboxylic acids is 1. The molecule has 1 aliphatic heterocycles. The van der Waals surface area contributed by atoms with E-state index in [1.165, 1.54) is 23.5 Å². The van der Waals surface area contributed by atoms with Gasteiger partial charge in [-0.25, -0.2) is 0 Å². The van der Waals surface area contributed by atoms with Crippen molar-refractivity contribution < 1.29 is 30.0 Å². The topological polar surface area (TPSA) is 107 Å². The van der Waals surface area contributed by atoms with Crippen LogP contribution in [0.3, 0.4) is 0 Å². The van der Waals surface area contributed by atoms with Crippen LogP contribution in [0.25, 0.3) is 10.1 Å². The van der Waals surface area contributed by atoms with E-state index in [2.05, 4.69) is 0 Å². The van der Waals surface area contributed by atoms with Crippen molar-refractivity contribution in [1.82, 2.24) is 0 Å². The Morgan fingerprint density at radius 3 is 2.52 bits per heavy atom. The Hall–Kier alpha value is -1.84. The average molecular weight is 435 g/mol. The molecule has 1 fully saturated rings. The van der Waals surface area contributed by atoms with Gasteiger partial charge in [0.2, 0.25) is 5.78 Å². The van der Waals surface area contributed by atoms with Crippen molar-refractivity contribution in [3.05, 3.63) is 69.6 Å². The second kappa shape index (κ2) is 8.12. The summed E-state index contributed by atoms with van der Waals surface area (Å²) < 4.78 is 6.57. The van der Waals surface area contributed by atoms with E-state index >= 15 is 0 Å². The Morgan fingerprint density at radius 1 is 1.03 bits per heavy atom. The van der Waals surface area contributed by atoms with Crippen LogP contribution in [0, 0.1) is 0 Å². The lowest BCUT2D eigenvalue weighted by molar-refractivity contribution is -0.231. The van der Waals surface area contributed by atoms with Crippen LogP contribution in [-0.2, 0) is 4.74 Å². The quantitative estimate of drug-likeness (QED) is 0.469. The lowest BCUT2D eigenvalue weighted by atomic mass is 9.90. The summed E-state index contributed by atoms with van der Waals surface area (Å²) in [5.74, 6) is -0.261. The molecule has 4 N–H and O–H groups in total. The van der Waals surface area contributed by atoms with Gasteiger partial charge in [0, 0.05) is 10.3 Å². The molecule has 0 radical (unpaired) electrons. The molecular formula is C21H19ClO6S. The van der Waals surface area contributed by atoms with Gasteiger partial charge in [-0.05, 0) is 35.2 Å². The third-order valence-corrected chi connectivity index (χ3v) is 6.55. The van der Waals surface area contributed by atoms with Gasteiger partial charge in [0.25, 0.3) is 0 Å². The Labute approximate surface area is 175 Å². The summed E-state index contributed by atoms with van der Waals surface area (Å²) in [6.07, 6.45) is -6.43. The largest absolute Gasteiger partial charge is 0.394 e. The normalized spacial score (nSPS) is 27.3. The van der Waals surface area contributed by atoms with Crippen LogP contribution in [0.2, 0.25) is 5.02 Å². The molecule has 1 saturated heterocycles. The van der Waals surface area contributed by atoms with E-state index in [4.69, 9.17) is 16.3 Å². The highest BCUT2D eigenvalue weighted by molar-refractivity contribution is 7.21. The maximum Gasteiger partial charge on any atom is 0.204 e. The second-order valence-corrected chi connectivity index (χ2v) is 8.46. The van der Waals surface area contributed by atoms with E-state index < -0.39 is 37.1 Å². The van der Waals surface area contributed by atoms with Crippen LogP contribution in [0.15, 0.2) is 48.5 Å². The van der Waals surface area contributed by atoms with Gasteiger partial charge in [0.05, 0.1) is 16.5 Å². The molecule has 1 aromatic heterocycles. The van der Waals surface area contributed by atoms with Crippen LogP contribution >= 0.6 is 22.9 Å². The zero-order chi connectivity index (χ0) is 20.7. The van der Waals surface area contributed by atoms with Crippen LogP contribution < -0.4 is 0 Å². The minimum atomic E-state index is -1.50. The molecule has 0 aliphatic carbocycles. The molecule has 2 aromatic carbocycles. The van der Waals surface area contributed by atoms with Gasteiger partial charge in [0.15, 0.2) is 0 Å². The highest BCUT2D eigenvalue weighted by Gasteiger charge is 2.44. The summed E-state index contributed by atoms with van der Waals surface area (Å²) in [5.41, 5.74) is 0.656. The smallest absolute Gasteiger partial charge is 0.204 e. The van der Waals surface area contributed by atoms with Gasteiger partial charge in [0.1, 0.15) is 30.5 Å². The van der Waals surface area contributed by atoms with E-state index in [1.54, 1.807) is 12.1 Å². The molecule has 1 aliphatic rings. The first-order valence-corrected chi connectivity index (χ1v) is 10.2. The standard InChI is InChI=1S/C21H19ClO6S/c22-13-6-5-11(21-20(27)19(26)18(25)14(9-23)28-21)7-12(13)17(24)16-8-10-3-1-2-4-15(10)29-16/h1-8,14,18-21,23,25-27H,9H2/t14-,18-,19+,20-,21+/m1/s1. The Bertz CT molecular complexity index is 1020. The molecule has 29 heavy (non-hydrogen) atoms. The van der Waals surface area contributed by atoms with Crippen molar-refractivity contribution in [3.63, 3.8) is 0 Å². The molecule has 0 saturated carbocycles. The van der Waals surface area contributed by atoms with Crippen molar-refractivity contribution in [2.45, 2.75) is 30.5 Å². The zero-order valence-corrected chi connectivity index (χ0v) is 16.7. The van der Waals surface area contributed by atoms with E-state index in [0.29, 0.717) is 10.4 Å². The lowest BCUT2D eigenvalue weighted by Crippen LogP contribution is -2.55. The van der Waals surface area contributed by atoms with Gasteiger partial charge < -0.3 is 25.2 Å². The second-order valence-electron chi connectivity index (χ2n) is 6.97. The van der Waals surface area contributed by atoms with Crippen LogP contribution in [0.1, 0.15) is 26.9 Å². The molecule has 152 valence electrons. The third kappa shape index (κ3) is 3.71. The van der Waals surface area contributed by atoms with Crippen molar-refractivity contribution in [1.29, 1.82) is 0 Å². The number of rotatable bonds is 4. The summed E-state index contributed by atoms with van der Waals surface area (Å²) >= 11 is 7.63. The molecule has 8 heteroatoms. The van der Waals surface area contributed by atoms with E-state index in [-0.39, 0.29) is 16.4 Å². The molecule has 0 unspecified atom stereocenters. The summed E-state index contributed by atoms with van der Waals surface area (Å²) in [6.45, 7) is -0.525. The number of hydrogen-bond donors (Lipinski definition) is 4.